The summed E-state index contributed by atoms with van der Waals surface area (Å²) in [6.07, 6.45) is 3.67. The summed E-state index contributed by atoms with van der Waals surface area (Å²) in [5.41, 5.74) is 0.786. The van der Waals surface area contributed by atoms with Crippen LogP contribution in [0, 0.1) is 12.8 Å². The van der Waals surface area contributed by atoms with Crippen LogP contribution in [-0.4, -0.2) is 42.3 Å². The van der Waals surface area contributed by atoms with Gasteiger partial charge in [0.05, 0.1) is 19.9 Å². The van der Waals surface area contributed by atoms with Gasteiger partial charge in [-0.2, -0.15) is 15.0 Å². The first-order chi connectivity index (χ1) is 12.6. The van der Waals surface area contributed by atoms with Crippen molar-refractivity contribution in [1.29, 1.82) is 0 Å². The first kappa shape index (κ1) is 18.2. The van der Waals surface area contributed by atoms with E-state index in [1.165, 1.54) is 12.8 Å². The highest BCUT2D eigenvalue weighted by molar-refractivity contribution is 5.64. The van der Waals surface area contributed by atoms with Gasteiger partial charge in [-0.3, -0.25) is 0 Å². The Balaban J connectivity index is 1.85. The van der Waals surface area contributed by atoms with E-state index in [9.17, 15) is 0 Å². The minimum atomic E-state index is 0.521. The smallest absolute Gasteiger partial charge is 0.232 e. The van der Waals surface area contributed by atoms with Crippen molar-refractivity contribution in [3.63, 3.8) is 0 Å². The molecule has 7 heteroatoms. The molecule has 0 radical (unpaired) electrons. The lowest BCUT2D eigenvalue weighted by Crippen LogP contribution is -2.29. The molecular weight excluding hydrogens is 330 g/mol. The third-order valence-corrected chi connectivity index (χ3v) is 4.34. The molecule has 0 bridgehead atoms. The number of aromatic nitrogens is 3. The third-order valence-electron chi connectivity index (χ3n) is 4.34. The summed E-state index contributed by atoms with van der Waals surface area (Å²) in [5.74, 6) is 4.14. The molecule has 0 spiro atoms. The molecule has 0 amide bonds. The number of hydrogen-bond acceptors (Lipinski definition) is 7. The summed E-state index contributed by atoms with van der Waals surface area (Å²) >= 11 is 0. The second-order valence-corrected chi connectivity index (χ2v) is 6.59. The summed E-state index contributed by atoms with van der Waals surface area (Å²) in [7, 11) is 3.26. The highest BCUT2D eigenvalue weighted by atomic mass is 16.5. The van der Waals surface area contributed by atoms with Gasteiger partial charge in [0.2, 0.25) is 11.9 Å². The van der Waals surface area contributed by atoms with Crippen molar-refractivity contribution < 1.29 is 9.47 Å². The molecule has 0 aliphatic heterocycles. The Morgan fingerprint density at radius 1 is 1.15 bits per heavy atom. The van der Waals surface area contributed by atoms with Crippen LogP contribution in [0.1, 0.15) is 32.0 Å². The van der Waals surface area contributed by atoms with Crippen molar-refractivity contribution in [1.82, 2.24) is 15.0 Å². The maximum atomic E-state index is 5.44. The van der Waals surface area contributed by atoms with E-state index in [1.807, 2.05) is 25.1 Å². The molecule has 7 nitrogen and oxygen atoms in total. The topological polar surface area (TPSA) is 72.4 Å². The second kappa shape index (κ2) is 8.21. The molecule has 1 aromatic carbocycles. The Morgan fingerprint density at radius 3 is 2.62 bits per heavy atom. The molecule has 2 aromatic rings. The fourth-order valence-corrected chi connectivity index (χ4v) is 2.84. The second-order valence-electron chi connectivity index (χ2n) is 6.59. The molecule has 1 aromatic heterocycles. The quantitative estimate of drug-likeness (QED) is 0.735. The van der Waals surface area contributed by atoms with Crippen LogP contribution >= 0.6 is 0 Å². The third kappa shape index (κ3) is 4.53. The molecule has 3 rings (SSSR count). The number of rotatable bonds is 9. The van der Waals surface area contributed by atoms with Gasteiger partial charge in [0.1, 0.15) is 17.3 Å². The molecule has 0 saturated heterocycles. The number of aryl methyl sites for hydroxylation is 1. The van der Waals surface area contributed by atoms with Gasteiger partial charge in [-0.1, -0.05) is 6.92 Å². The van der Waals surface area contributed by atoms with E-state index in [1.54, 1.807) is 14.2 Å². The molecule has 1 saturated carbocycles. The minimum Gasteiger partial charge on any atom is -0.497 e. The number of hydrogen-bond donors (Lipinski definition) is 1. The predicted octanol–water partition coefficient (Wildman–Crippen LogP) is 3.57. The van der Waals surface area contributed by atoms with Gasteiger partial charge < -0.3 is 19.7 Å². The number of anilines is 3. The number of benzene rings is 1. The molecule has 140 valence electrons. The average Bonchev–Trinajstić information content (AvgIpc) is 3.45. The molecule has 26 heavy (non-hydrogen) atoms. The summed E-state index contributed by atoms with van der Waals surface area (Å²) < 4.78 is 10.7. The van der Waals surface area contributed by atoms with Crippen molar-refractivity contribution >= 4 is 17.6 Å². The van der Waals surface area contributed by atoms with E-state index in [0.717, 1.165) is 42.8 Å². The normalized spacial score (nSPS) is 13.4. The number of ether oxygens (including phenoxy) is 2. The summed E-state index contributed by atoms with van der Waals surface area (Å²) in [4.78, 5) is 15.9. The minimum absolute atomic E-state index is 0.521. The first-order valence-electron chi connectivity index (χ1n) is 9.09. The highest BCUT2D eigenvalue weighted by Crippen LogP contribution is 2.32. The lowest BCUT2D eigenvalue weighted by atomic mass is 10.2. The summed E-state index contributed by atoms with van der Waals surface area (Å²) in [6.45, 7) is 6.03. The van der Waals surface area contributed by atoms with Crippen molar-refractivity contribution in [2.75, 3.05) is 37.5 Å². The number of nitrogens with zero attached hydrogens (tertiary/aromatic N) is 4. The Hall–Kier alpha value is -2.57. The molecule has 1 heterocycles. The van der Waals surface area contributed by atoms with E-state index < -0.39 is 0 Å². The van der Waals surface area contributed by atoms with Gasteiger partial charge >= 0.3 is 0 Å². The van der Waals surface area contributed by atoms with Gasteiger partial charge in [0, 0.05) is 19.2 Å². The SMILES string of the molecule is CCCN(CC1CC1)c1nc(C)nc(Nc2ccc(OC)cc2OC)n1. The first-order valence-corrected chi connectivity index (χ1v) is 9.09. The van der Waals surface area contributed by atoms with E-state index in [0.29, 0.717) is 17.5 Å². The Kier molecular flexibility index (Phi) is 5.75. The van der Waals surface area contributed by atoms with Gasteiger partial charge in [0.15, 0.2) is 0 Å². The van der Waals surface area contributed by atoms with Crippen LogP contribution in [0.3, 0.4) is 0 Å². The molecule has 1 aliphatic rings. The zero-order valence-electron chi connectivity index (χ0n) is 16.0. The number of nitrogens with one attached hydrogen (secondary N) is 1. The van der Waals surface area contributed by atoms with Crippen LogP contribution in [-0.2, 0) is 0 Å². The van der Waals surface area contributed by atoms with Crippen molar-refractivity contribution in [2.45, 2.75) is 33.1 Å². The van der Waals surface area contributed by atoms with Crippen LogP contribution in [0.5, 0.6) is 11.5 Å². The molecular formula is C19H27N5O2. The monoisotopic (exact) mass is 357 g/mol. The molecule has 0 atom stereocenters. The summed E-state index contributed by atoms with van der Waals surface area (Å²) in [6, 6.07) is 5.59. The van der Waals surface area contributed by atoms with Gasteiger partial charge in [-0.15, -0.1) is 0 Å². The maximum Gasteiger partial charge on any atom is 0.232 e. The lowest BCUT2D eigenvalue weighted by molar-refractivity contribution is 0.395. The standard InChI is InChI=1S/C19H27N5O2/c1-5-10-24(12-14-6-7-14)19-21-13(2)20-18(23-19)22-16-9-8-15(25-3)11-17(16)26-4/h8-9,11,14H,5-7,10,12H2,1-4H3,(H,20,21,22,23). The van der Waals surface area contributed by atoms with Crippen molar-refractivity contribution in [3.8, 4) is 11.5 Å². The molecule has 1 aliphatic carbocycles. The maximum absolute atomic E-state index is 5.44. The molecule has 0 unspecified atom stereocenters. The largest absolute Gasteiger partial charge is 0.497 e. The van der Waals surface area contributed by atoms with Crippen LogP contribution in [0.2, 0.25) is 0 Å². The van der Waals surface area contributed by atoms with Crippen molar-refractivity contribution in [3.05, 3.63) is 24.0 Å². The van der Waals surface area contributed by atoms with Crippen LogP contribution < -0.4 is 19.7 Å². The number of methoxy groups -OCH3 is 2. The summed E-state index contributed by atoms with van der Waals surface area (Å²) in [5, 5.41) is 3.25. The average molecular weight is 357 g/mol. The molecule has 1 fully saturated rings. The van der Waals surface area contributed by atoms with Crippen LogP contribution in [0.15, 0.2) is 18.2 Å². The van der Waals surface area contributed by atoms with Gasteiger partial charge in [-0.05, 0) is 44.2 Å². The Bertz CT molecular complexity index is 749. The predicted molar refractivity (Wildman–Crippen MR) is 103 cm³/mol. The fourth-order valence-electron chi connectivity index (χ4n) is 2.84. The van der Waals surface area contributed by atoms with E-state index >= 15 is 0 Å². The Labute approximate surface area is 154 Å². The fraction of sp³-hybridized carbons (Fsp3) is 0.526. The Morgan fingerprint density at radius 2 is 1.96 bits per heavy atom. The van der Waals surface area contributed by atoms with Crippen LogP contribution in [0.4, 0.5) is 17.6 Å². The zero-order valence-corrected chi connectivity index (χ0v) is 16.0. The highest BCUT2D eigenvalue weighted by Gasteiger charge is 2.25. The van der Waals surface area contributed by atoms with E-state index in [4.69, 9.17) is 9.47 Å². The van der Waals surface area contributed by atoms with Gasteiger partial charge in [-0.25, -0.2) is 0 Å². The molecule has 1 N–H and O–H groups in total. The van der Waals surface area contributed by atoms with Gasteiger partial charge in [0.25, 0.3) is 0 Å². The van der Waals surface area contributed by atoms with E-state index in [2.05, 4.69) is 32.1 Å². The van der Waals surface area contributed by atoms with Crippen LogP contribution in [0.25, 0.3) is 0 Å². The van der Waals surface area contributed by atoms with Crippen molar-refractivity contribution in [2.24, 2.45) is 5.92 Å². The lowest BCUT2D eigenvalue weighted by Gasteiger charge is -2.22. The zero-order chi connectivity index (χ0) is 18.5. The van der Waals surface area contributed by atoms with E-state index in [-0.39, 0.29) is 0 Å².